The number of ether oxygens (including phenoxy) is 1. The van der Waals surface area contributed by atoms with Crippen molar-refractivity contribution < 1.29 is 4.74 Å². The second-order valence-electron chi connectivity index (χ2n) is 5.56. The monoisotopic (exact) mass is 180 g/mol. The first-order valence-corrected chi connectivity index (χ1v) is 5.87. The summed E-state index contributed by atoms with van der Waals surface area (Å²) in [4.78, 5) is 0. The summed E-state index contributed by atoms with van der Waals surface area (Å²) in [6.45, 7) is 5.98. The summed E-state index contributed by atoms with van der Waals surface area (Å²) in [7, 11) is 0. The van der Waals surface area contributed by atoms with Crippen LogP contribution in [0, 0.1) is 29.6 Å². The van der Waals surface area contributed by atoms with Gasteiger partial charge in [-0.25, -0.2) is 0 Å². The van der Waals surface area contributed by atoms with Crippen molar-refractivity contribution in [2.75, 3.05) is 6.61 Å². The van der Waals surface area contributed by atoms with Gasteiger partial charge in [0.05, 0.1) is 12.7 Å². The Morgan fingerprint density at radius 1 is 1.15 bits per heavy atom. The minimum absolute atomic E-state index is 0.659. The Morgan fingerprint density at radius 2 is 1.92 bits per heavy atom. The van der Waals surface area contributed by atoms with Crippen LogP contribution in [0.5, 0.6) is 0 Å². The maximum atomic E-state index is 5.34. The van der Waals surface area contributed by atoms with Gasteiger partial charge in [0.15, 0.2) is 0 Å². The number of fused-ring (bicyclic) bond motifs is 2. The molecule has 0 aromatic rings. The number of epoxide rings is 1. The first-order valence-electron chi connectivity index (χ1n) is 5.87. The molecule has 2 aliphatic carbocycles. The van der Waals surface area contributed by atoms with Gasteiger partial charge in [-0.3, -0.25) is 0 Å². The maximum Gasteiger partial charge on any atom is 0.0812 e. The van der Waals surface area contributed by atoms with Crippen molar-refractivity contribution in [1.82, 2.24) is 0 Å². The molecule has 3 aliphatic rings. The van der Waals surface area contributed by atoms with Crippen LogP contribution >= 0.6 is 0 Å². The van der Waals surface area contributed by atoms with Gasteiger partial charge >= 0.3 is 0 Å². The van der Waals surface area contributed by atoms with E-state index in [9.17, 15) is 0 Å². The molecule has 1 heteroatoms. The highest BCUT2D eigenvalue weighted by Gasteiger charge is 2.49. The molecule has 3 fully saturated rings. The minimum Gasteiger partial charge on any atom is -0.373 e. The molecule has 0 amide bonds. The maximum absolute atomic E-state index is 5.34. The van der Waals surface area contributed by atoms with Crippen LogP contribution in [0.4, 0.5) is 0 Å². The van der Waals surface area contributed by atoms with Crippen LogP contribution < -0.4 is 0 Å². The Bertz CT molecular complexity index is 207. The van der Waals surface area contributed by atoms with Gasteiger partial charge in [-0.05, 0) is 48.9 Å². The molecule has 1 nitrogen and oxygen atoms in total. The van der Waals surface area contributed by atoms with Crippen LogP contribution in [0.15, 0.2) is 0 Å². The largest absolute Gasteiger partial charge is 0.373 e. The average Bonchev–Trinajstić information content (AvgIpc) is 2.75. The summed E-state index contributed by atoms with van der Waals surface area (Å²) >= 11 is 0. The molecule has 0 spiro atoms. The summed E-state index contributed by atoms with van der Waals surface area (Å²) in [6, 6.07) is 0. The minimum atomic E-state index is 0.659. The molecule has 1 saturated heterocycles. The predicted octanol–water partition coefficient (Wildman–Crippen LogP) is 2.70. The van der Waals surface area contributed by atoms with E-state index in [1.165, 1.54) is 19.3 Å². The highest BCUT2D eigenvalue weighted by Crippen LogP contribution is 2.56. The second-order valence-corrected chi connectivity index (χ2v) is 5.56. The third kappa shape index (κ3) is 1.24. The lowest BCUT2D eigenvalue weighted by Crippen LogP contribution is -2.25. The Kier molecular flexibility index (Phi) is 1.74. The quantitative estimate of drug-likeness (QED) is 0.595. The Morgan fingerprint density at radius 3 is 2.46 bits per heavy atom. The van der Waals surface area contributed by atoms with E-state index < -0.39 is 0 Å². The fraction of sp³-hybridized carbons (Fsp3) is 1.00. The van der Waals surface area contributed by atoms with Crippen LogP contribution in [0.1, 0.15) is 33.1 Å². The van der Waals surface area contributed by atoms with Gasteiger partial charge in [0.2, 0.25) is 0 Å². The second kappa shape index (κ2) is 2.73. The Hall–Kier alpha value is -0.0400. The molecule has 0 radical (unpaired) electrons. The first kappa shape index (κ1) is 8.28. The lowest BCUT2D eigenvalue weighted by atomic mass is 9.74. The average molecular weight is 180 g/mol. The van der Waals surface area contributed by atoms with E-state index >= 15 is 0 Å². The molecule has 3 rings (SSSR count). The molecule has 0 N–H and O–H groups in total. The molecule has 0 aromatic heterocycles. The fourth-order valence-corrected chi connectivity index (χ4v) is 3.91. The summed E-state index contributed by atoms with van der Waals surface area (Å²) in [5.41, 5.74) is 0. The number of hydrogen-bond acceptors (Lipinski definition) is 1. The van der Waals surface area contributed by atoms with E-state index in [1.54, 1.807) is 0 Å². The van der Waals surface area contributed by atoms with Crippen LogP contribution in [0.2, 0.25) is 0 Å². The molecule has 13 heavy (non-hydrogen) atoms. The van der Waals surface area contributed by atoms with Crippen molar-refractivity contribution in [3.8, 4) is 0 Å². The van der Waals surface area contributed by atoms with E-state index in [0.717, 1.165) is 36.2 Å². The van der Waals surface area contributed by atoms with E-state index in [-0.39, 0.29) is 0 Å². The van der Waals surface area contributed by atoms with Gasteiger partial charge in [-0.1, -0.05) is 13.8 Å². The van der Waals surface area contributed by atoms with Gasteiger partial charge in [0, 0.05) is 0 Å². The van der Waals surface area contributed by atoms with Crippen molar-refractivity contribution in [2.24, 2.45) is 29.6 Å². The van der Waals surface area contributed by atoms with E-state index in [0.29, 0.717) is 6.10 Å². The standard InChI is InChI=1S/C12H20O/c1-7-8(2)12-5-9(7)3-10(12)4-11-6-13-11/h7-12H,3-6H2,1-2H3. The molecule has 1 heterocycles. The molecule has 1 aliphatic heterocycles. The fourth-order valence-electron chi connectivity index (χ4n) is 3.91. The van der Waals surface area contributed by atoms with Crippen molar-refractivity contribution in [3.63, 3.8) is 0 Å². The van der Waals surface area contributed by atoms with Crippen LogP contribution in [-0.4, -0.2) is 12.7 Å². The molecular formula is C12H20O. The summed E-state index contributed by atoms with van der Waals surface area (Å²) in [5.74, 6) is 5.11. The topological polar surface area (TPSA) is 12.5 Å². The number of hydrogen-bond donors (Lipinski definition) is 0. The van der Waals surface area contributed by atoms with Crippen molar-refractivity contribution in [3.05, 3.63) is 0 Å². The highest BCUT2D eigenvalue weighted by molar-refractivity contribution is 4.98. The smallest absolute Gasteiger partial charge is 0.0812 e. The van der Waals surface area contributed by atoms with Crippen LogP contribution in [-0.2, 0) is 4.74 Å². The highest BCUT2D eigenvalue weighted by atomic mass is 16.6. The Balaban J connectivity index is 1.67. The van der Waals surface area contributed by atoms with Gasteiger partial charge in [0.1, 0.15) is 0 Å². The van der Waals surface area contributed by atoms with E-state index in [4.69, 9.17) is 4.74 Å². The molecule has 2 saturated carbocycles. The molecule has 6 unspecified atom stereocenters. The van der Waals surface area contributed by atoms with Gasteiger partial charge in [-0.15, -0.1) is 0 Å². The molecule has 6 atom stereocenters. The molecule has 74 valence electrons. The molecule has 0 aromatic carbocycles. The SMILES string of the molecule is CC1C2CC(CC3CO3)C(C2)C1C. The first-order chi connectivity index (χ1) is 6.25. The summed E-state index contributed by atoms with van der Waals surface area (Å²) < 4.78 is 5.34. The zero-order valence-electron chi connectivity index (χ0n) is 8.70. The lowest BCUT2D eigenvalue weighted by Gasteiger charge is -2.31. The molecular weight excluding hydrogens is 160 g/mol. The predicted molar refractivity (Wildman–Crippen MR) is 52.4 cm³/mol. The van der Waals surface area contributed by atoms with Crippen LogP contribution in [0.25, 0.3) is 0 Å². The molecule has 2 bridgehead atoms. The summed E-state index contributed by atoms with van der Waals surface area (Å²) in [5, 5.41) is 0. The van der Waals surface area contributed by atoms with Gasteiger partial charge in [0.25, 0.3) is 0 Å². The number of rotatable bonds is 2. The normalized spacial score (nSPS) is 58.6. The van der Waals surface area contributed by atoms with E-state index in [2.05, 4.69) is 13.8 Å². The van der Waals surface area contributed by atoms with Crippen molar-refractivity contribution >= 4 is 0 Å². The van der Waals surface area contributed by atoms with E-state index in [1.807, 2.05) is 0 Å². The third-order valence-electron chi connectivity index (χ3n) is 5.00. The van der Waals surface area contributed by atoms with Gasteiger partial charge in [-0.2, -0.15) is 0 Å². The zero-order valence-corrected chi connectivity index (χ0v) is 8.70. The van der Waals surface area contributed by atoms with Crippen molar-refractivity contribution in [1.29, 1.82) is 0 Å². The van der Waals surface area contributed by atoms with Gasteiger partial charge < -0.3 is 4.74 Å². The Labute approximate surface area is 80.8 Å². The van der Waals surface area contributed by atoms with Crippen molar-refractivity contribution in [2.45, 2.75) is 39.2 Å². The lowest BCUT2D eigenvalue weighted by molar-refractivity contribution is 0.171. The van der Waals surface area contributed by atoms with Crippen LogP contribution in [0.3, 0.4) is 0 Å². The third-order valence-corrected chi connectivity index (χ3v) is 5.00. The zero-order chi connectivity index (χ0) is 9.00. The summed E-state index contributed by atoms with van der Waals surface area (Å²) in [6.07, 6.45) is 5.07.